The van der Waals surface area contributed by atoms with Crippen molar-refractivity contribution in [2.45, 2.75) is 57.1 Å². The van der Waals surface area contributed by atoms with E-state index >= 15 is 0 Å². The molecule has 6 heteroatoms. The van der Waals surface area contributed by atoms with Gasteiger partial charge in [0.15, 0.2) is 0 Å². The van der Waals surface area contributed by atoms with E-state index in [0.717, 1.165) is 29.9 Å². The van der Waals surface area contributed by atoms with E-state index in [4.69, 9.17) is 21.1 Å². The molecule has 174 valence electrons. The molecule has 0 fully saturated rings. The highest BCUT2D eigenvalue weighted by molar-refractivity contribution is 7.99. The molecule has 1 aliphatic heterocycles. The molecular formula is C26H34ClNO3S. The minimum absolute atomic E-state index is 0.145. The quantitative estimate of drug-likeness (QED) is 0.241. The second-order valence-electron chi connectivity index (χ2n) is 8.91. The maximum absolute atomic E-state index is 12.5. The Bertz CT molecular complexity index is 933. The van der Waals surface area contributed by atoms with Crippen LogP contribution in [0, 0.1) is 5.92 Å². The molecule has 1 heterocycles. The van der Waals surface area contributed by atoms with Crippen molar-refractivity contribution in [3.63, 3.8) is 0 Å². The number of nitrogens with one attached hydrogen (secondary N) is 1. The number of rotatable bonds is 9. The van der Waals surface area contributed by atoms with Crippen LogP contribution in [0.3, 0.4) is 0 Å². The standard InChI is InChI=1S/C26H34ClNO3S/c1-6-9-19-20-10-7-8-11-23(20)31-24-13-12-18(27)14-21(24)22(19)15-28-16-30-25(29)17(2)26(3,4)32-5/h7-8,10-14,17,19,22,28H,6,9,15-16H2,1-5H3. The van der Waals surface area contributed by atoms with Gasteiger partial charge in [0.1, 0.15) is 18.2 Å². The van der Waals surface area contributed by atoms with E-state index in [1.807, 2.05) is 43.5 Å². The lowest BCUT2D eigenvalue weighted by molar-refractivity contribution is -0.149. The maximum atomic E-state index is 12.5. The van der Waals surface area contributed by atoms with Crippen molar-refractivity contribution in [1.82, 2.24) is 5.32 Å². The van der Waals surface area contributed by atoms with E-state index in [0.29, 0.717) is 11.6 Å². The van der Waals surface area contributed by atoms with Crippen molar-refractivity contribution >= 4 is 29.3 Å². The molecule has 2 aromatic rings. The summed E-state index contributed by atoms with van der Waals surface area (Å²) in [6.45, 7) is 9.10. The molecule has 0 bridgehead atoms. The number of ether oxygens (including phenoxy) is 2. The molecule has 0 saturated heterocycles. The maximum Gasteiger partial charge on any atom is 0.311 e. The predicted molar refractivity (Wildman–Crippen MR) is 134 cm³/mol. The third kappa shape index (κ3) is 5.62. The third-order valence-corrected chi connectivity index (χ3v) is 8.24. The molecule has 0 saturated carbocycles. The summed E-state index contributed by atoms with van der Waals surface area (Å²) in [4.78, 5) is 12.5. The van der Waals surface area contributed by atoms with Crippen LogP contribution in [0.25, 0.3) is 0 Å². The minimum Gasteiger partial charge on any atom is -0.457 e. The molecule has 32 heavy (non-hydrogen) atoms. The molecule has 1 aliphatic rings. The van der Waals surface area contributed by atoms with Crippen molar-refractivity contribution in [3.8, 4) is 11.5 Å². The Labute approximate surface area is 201 Å². The first-order valence-corrected chi connectivity index (χ1v) is 12.9. The van der Waals surface area contributed by atoms with Crippen molar-refractivity contribution < 1.29 is 14.3 Å². The van der Waals surface area contributed by atoms with Gasteiger partial charge in [0.2, 0.25) is 0 Å². The van der Waals surface area contributed by atoms with Gasteiger partial charge in [0, 0.05) is 27.8 Å². The van der Waals surface area contributed by atoms with E-state index in [9.17, 15) is 4.79 Å². The molecule has 1 N–H and O–H groups in total. The van der Waals surface area contributed by atoms with Gasteiger partial charge < -0.3 is 9.47 Å². The Morgan fingerprint density at radius 2 is 1.91 bits per heavy atom. The lowest BCUT2D eigenvalue weighted by Gasteiger charge is -2.29. The van der Waals surface area contributed by atoms with Gasteiger partial charge in [-0.05, 0) is 62.3 Å². The normalized spacial score (nSPS) is 18.7. The smallest absolute Gasteiger partial charge is 0.311 e. The van der Waals surface area contributed by atoms with Crippen LogP contribution in [-0.2, 0) is 9.53 Å². The number of para-hydroxylation sites is 1. The fourth-order valence-corrected chi connectivity index (χ4v) is 4.81. The second-order valence-corrected chi connectivity index (χ2v) is 10.8. The Balaban J connectivity index is 1.79. The monoisotopic (exact) mass is 475 g/mol. The van der Waals surface area contributed by atoms with Gasteiger partial charge in [-0.1, -0.05) is 50.1 Å². The summed E-state index contributed by atoms with van der Waals surface area (Å²) >= 11 is 8.05. The number of thioether (sulfide) groups is 1. The van der Waals surface area contributed by atoms with E-state index in [1.165, 1.54) is 5.56 Å². The Morgan fingerprint density at radius 3 is 2.62 bits per heavy atom. The van der Waals surface area contributed by atoms with Crippen molar-refractivity contribution in [2.75, 3.05) is 19.5 Å². The van der Waals surface area contributed by atoms with Crippen molar-refractivity contribution in [1.29, 1.82) is 0 Å². The fourth-order valence-electron chi connectivity index (χ4n) is 4.18. The van der Waals surface area contributed by atoms with Gasteiger partial charge >= 0.3 is 5.97 Å². The first-order valence-electron chi connectivity index (χ1n) is 11.3. The number of carbonyl (C=O) groups excluding carboxylic acids is 1. The highest BCUT2D eigenvalue weighted by atomic mass is 35.5. The van der Waals surface area contributed by atoms with Gasteiger partial charge in [0.05, 0.1) is 5.92 Å². The summed E-state index contributed by atoms with van der Waals surface area (Å²) in [5.74, 6) is 1.78. The Hall–Kier alpha value is -1.69. The van der Waals surface area contributed by atoms with Crippen LogP contribution in [0.5, 0.6) is 11.5 Å². The lowest BCUT2D eigenvalue weighted by Crippen LogP contribution is -2.35. The van der Waals surface area contributed by atoms with Crippen LogP contribution in [0.15, 0.2) is 42.5 Å². The number of hydrogen-bond donors (Lipinski definition) is 1. The second kappa shape index (κ2) is 11.0. The van der Waals surface area contributed by atoms with Gasteiger partial charge in [-0.3, -0.25) is 10.1 Å². The molecular weight excluding hydrogens is 442 g/mol. The fraction of sp³-hybridized carbons (Fsp3) is 0.500. The first kappa shape index (κ1) is 24.9. The zero-order valence-electron chi connectivity index (χ0n) is 19.6. The molecule has 0 amide bonds. The Morgan fingerprint density at radius 1 is 1.19 bits per heavy atom. The summed E-state index contributed by atoms with van der Waals surface area (Å²) in [5.41, 5.74) is 2.30. The zero-order chi connectivity index (χ0) is 23.3. The molecule has 0 spiro atoms. The van der Waals surface area contributed by atoms with Gasteiger partial charge in [-0.15, -0.1) is 0 Å². The van der Waals surface area contributed by atoms with Gasteiger partial charge in [-0.2, -0.15) is 11.8 Å². The lowest BCUT2D eigenvalue weighted by atomic mass is 9.79. The summed E-state index contributed by atoms with van der Waals surface area (Å²) in [7, 11) is 0. The zero-order valence-corrected chi connectivity index (χ0v) is 21.2. The molecule has 3 rings (SSSR count). The van der Waals surface area contributed by atoms with E-state index in [1.54, 1.807) is 11.8 Å². The molecule has 0 radical (unpaired) electrons. The van der Waals surface area contributed by atoms with Crippen molar-refractivity contribution in [3.05, 3.63) is 58.6 Å². The minimum atomic E-state index is -0.190. The summed E-state index contributed by atoms with van der Waals surface area (Å²) in [6, 6.07) is 14.1. The van der Waals surface area contributed by atoms with Crippen LogP contribution in [-0.4, -0.2) is 30.2 Å². The summed E-state index contributed by atoms with van der Waals surface area (Å²) in [5, 5.41) is 4.06. The van der Waals surface area contributed by atoms with E-state index in [-0.39, 0.29) is 35.2 Å². The average Bonchev–Trinajstić information content (AvgIpc) is 2.91. The van der Waals surface area contributed by atoms with Crippen LogP contribution in [0.2, 0.25) is 5.02 Å². The number of fused-ring (bicyclic) bond motifs is 2. The molecule has 0 aliphatic carbocycles. The van der Waals surface area contributed by atoms with Crippen LogP contribution >= 0.6 is 23.4 Å². The van der Waals surface area contributed by atoms with E-state index < -0.39 is 0 Å². The number of hydrogen-bond acceptors (Lipinski definition) is 5. The highest BCUT2D eigenvalue weighted by Gasteiger charge is 2.33. The Kier molecular flexibility index (Phi) is 8.54. The van der Waals surface area contributed by atoms with Gasteiger partial charge in [-0.25, -0.2) is 0 Å². The number of esters is 1. The number of benzene rings is 2. The predicted octanol–water partition coefficient (Wildman–Crippen LogP) is 6.98. The molecule has 4 nitrogen and oxygen atoms in total. The SMILES string of the molecule is CCCC1c2ccccc2Oc2ccc(Cl)cc2C1CNCOC(=O)C(C)C(C)(C)SC. The van der Waals surface area contributed by atoms with Crippen LogP contribution in [0.1, 0.15) is 63.5 Å². The largest absolute Gasteiger partial charge is 0.457 e. The van der Waals surface area contributed by atoms with Gasteiger partial charge in [0.25, 0.3) is 0 Å². The average molecular weight is 476 g/mol. The van der Waals surface area contributed by atoms with Crippen molar-refractivity contribution in [2.24, 2.45) is 5.92 Å². The highest BCUT2D eigenvalue weighted by Crippen LogP contribution is 2.48. The third-order valence-electron chi connectivity index (χ3n) is 6.60. The summed E-state index contributed by atoms with van der Waals surface area (Å²) < 4.78 is 11.7. The molecule has 2 aromatic carbocycles. The first-order chi connectivity index (χ1) is 15.3. The summed E-state index contributed by atoms with van der Waals surface area (Å²) in [6.07, 6.45) is 4.10. The van der Waals surface area contributed by atoms with E-state index in [2.05, 4.69) is 38.2 Å². The number of carbonyl (C=O) groups is 1. The molecule has 3 unspecified atom stereocenters. The number of halogens is 1. The van der Waals surface area contributed by atoms with Crippen LogP contribution in [0.4, 0.5) is 0 Å². The molecule has 3 atom stereocenters. The van der Waals surface area contributed by atoms with Crippen LogP contribution < -0.4 is 10.1 Å². The molecule has 0 aromatic heterocycles. The topological polar surface area (TPSA) is 47.6 Å².